The molecule has 0 unspecified atom stereocenters. The molecule has 1 aromatic heterocycles. The molecular weight excluding hydrogens is 202 g/mol. The van der Waals surface area contributed by atoms with Crippen LogP contribution >= 0.6 is 0 Å². The van der Waals surface area contributed by atoms with Crippen molar-refractivity contribution in [1.29, 1.82) is 0 Å². The zero-order valence-electron chi connectivity index (χ0n) is 9.80. The number of carbonyl (C=O) groups is 1. The molecule has 0 N–H and O–H groups in total. The highest BCUT2D eigenvalue weighted by molar-refractivity contribution is 5.79. The predicted molar refractivity (Wildman–Crippen MR) is 62.1 cm³/mol. The Morgan fingerprint density at radius 3 is 2.88 bits per heavy atom. The molecule has 1 aliphatic carbocycles. The van der Waals surface area contributed by atoms with E-state index in [2.05, 4.69) is 17.0 Å². The molecule has 0 saturated heterocycles. The second-order valence-electron chi connectivity index (χ2n) is 4.52. The highest BCUT2D eigenvalue weighted by atomic mass is 16.1. The van der Waals surface area contributed by atoms with Crippen LogP contribution in [-0.4, -0.2) is 40.1 Å². The number of ketones is 1. The van der Waals surface area contributed by atoms with Crippen LogP contribution in [0.2, 0.25) is 0 Å². The van der Waals surface area contributed by atoms with Gasteiger partial charge in [-0.05, 0) is 26.0 Å². The second-order valence-corrected chi connectivity index (χ2v) is 4.52. The van der Waals surface area contributed by atoms with Gasteiger partial charge in [-0.15, -0.1) is 0 Å². The molecule has 0 amide bonds. The van der Waals surface area contributed by atoms with E-state index in [4.69, 9.17) is 0 Å². The van der Waals surface area contributed by atoms with E-state index in [1.165, 1.54) is 0 Å². The van der Waals surface area contributed by atoms with Crippen molar-refractivity contribution in [1.82, 2.24) is 14.7 Å². The van der Waals surface area contributed by atoms with Crippen LogP contribution in [0.15, 0.2) is 18.5 Å². The lowest BCUT2D eigenvalue weighted by molar-refractivity contribution is -0.121. The number of aromatic nitrogens is 2. The zero-order valence-corrected chi connectivity index (χ0v) is 9.80. The molecule has 1 saturated carbocycles. The molecule has 1 fully saturated rings. The van der Waals surface area contributed by atoms with Gasteiger partial charge in [-0.2, -0.15) is 5.10 Å². The number of hydrogen-bond acceptors (Lipinski definition) is 3. The summed E-state index contributed by atoms with van der Waals surface area (Å²) in [6.07, 6.45) is 7.36. The Balaban J connectivity index is 1.75. The van der Waals surface area contributed by atoms with Gasteiger partial charge in [-0.1, -0.05) is 0 Å². The molecule has 4 nitrogen and oxygen atoms in total. The van der Waals surface area contributed by atoms with E-state index >= 15 is 0 Å². The summed E-state index contributed by atoms with van der Waals surface area (Å²) in [7, 11) is 2.14. The monoisotopic (exact) mass is 221 g/mol. The van der Waals surface area contributed by atoms with E-state index in [0.717, 1.165) is 38.8 Å². The molecule has 0 atom stereocenters. The maximum atomic E-state index is 11.1. The SMILES string of the molecule is CN(CCn1cccn1)C1CCC(=O)CC1. The molecule has 1 aliphatic rings. The van der Waals surface area contributed by atoms with Gasteiger partial charge in [0, 0.05) is 37.8 Å². The smallest absolute Gasteiger partial charge is 0.133 e. The maximum absolute atomic E-state index is 11.1. The summed E-state index contributed by atoms with van der Waals surface area (Å²) in [6, 6.07) is 2.52. The molecule has 0 spiro atoms. The summed E-state index contributed by atoms with van der Waals surface area (Å²) >= 11 is 0. The average molecular weight is 221 g/mol. The normalized spacial score (nSPS) is 18.2. The zero-order chi connectivity index (χ0) is 11.4. The Hall–Kier alpha value is -1.16. The molecular formula is C12H19N3O. The Bertz CT molecular complexity index is 324. The second kappa shape index (κ2) is 5.25. The minimum atomic E-state index is 0.428. The average Bonchev–Trinajstić information content (AvgIpc) is 2.80. The number of nitrogens with zero attached hydrogens (tertiary/aromatic N) is 3. The first-order chi connectivity index (χ1) is 7.75. The molecule has 0 aliphatic heterocycles. The van der Waals surface area contributed by atoms with Crippen LogP contribution < -0.4 is 0 Å². The highest BCUT2D eigenvalue weighted by Gasteiger charge is 2.21. The van der Waals surface area contributed by atoms with E-state index in [-0.39, 0.29) is 0 Å². The summed E-state index contributed by atoms with van der Waals surface area (Å²) in [5, 5.41) is 4.18. The maximum Gasteiger partial charge on any atom is 0.133 e. The van der Waals surface area contributed by atoms with Crippen LogP contribution in [0.25, 0.3) is 0 Å². The van der Waals surface area contributed by atoms with Gasteiger partial charge in [0.05, 0.1) is 6.54 Å². The molecule has 2 rings (SSSR count). The van der Waals surface area contributed by atoms with E-state index < -0.39 is 0 Å². The van der Waals surface area contributed by atoms with E-state index in [0.29, 0.717) is 11.8 Å². The number of likely N-dealkylation sites (N-methyl/N-ethyl adjacent to an activating group) is 1. The third-order valence-corrected chi connectivity index (χ3v) is 3.38. The lowest BCUT2D eigenvalue weighted by Gasteiger charge is -2.30. The fourth-order valence-corrected chi connectivity index (χ4v) is 2.24. The van der Waals surface area contributed by atoms with Gasteiger partial charge in [0.15, 0.2) is 0 Å². The van der Waals surface area contributed by atoms with Crippen molar-refractivity contribution >= 4 is 5.78 Å². The van der Waals surface area contributed by atoms with Crippen LogP contribution in [0.3, 0.4) is 0 Å². The standard InChI is InChI=1S/C12H19N3O/c1-14(9-10-15-8-2-7-13-15)11-3-5-12(16)6-4-11/h2,7-8,11H,3-6,9-10H2,1H3. The number of hydrogen-bond donors (Lipinski definition) is 0. The molecule has 0 radical (unpaired) electrons. The fourth-order valence-electron chi connectivity index (χ4n) is 2.24. The first-order valence-corrected chi connectivity index (χ1v) is 5.95. The topological polar surface area (TPSA) is 38.1 Å². The van der Waals surface area contributed by atoms with Crippen molar-refractivity contribution in [2.45, 2.75) is 38.3 Å². The Kier molecular flexibility index (Phi) is 3.72. The lowest BCUT2D eigenvalue weighted by atomic mass is 9.93. The summed E-state index contributed by atoms with van der Waals surface area (Å²) in [6.45, 7) is 1.93. The molecule has 16 heavy (non-hydrogen) atoms. The van der Waals surface area contributed by atoms with Crippen LogP contribution in [-0.2, 0) is 11.3 Å². The molecule has 0 bridgehead atoms. The minimum absolute atomic E-state index is 0.428. The summed E-state index contributed by atoms with van der Waals surface area (Å²) in [4.78, 5) is 13.5. The van der Waals surface area contributed by atoms with Gasteiger partial charge < -0.3 is 4.90 Å². The van der Waals surface area contributed by atoms with Gasteiger partial charge in [0.1, 0.15) is 5.78 Å². The Labute approximate surface area is 96.2 Å². The van der Waals surface area contributed by atoms with Crippen LogP contribution in [0.5, 0.6) is 0 Å². The number of rotatable bonds is 4. The van der Waals surface area contributed by atoms with Crippen molar-refractivity contribution in [2.24, 2.45) is 0 Å². The van der Waals surface area contributed by atoms with Gasteiger partial charge >= 0.3 is 0 Å². The molecule has 0 aromatic carbocycles. The third kappa shape index (κ3) is 2.92. The van der Waals surface area contributed by atoms with Crippen LogP contribution in [0.1, 0.15) is 25.7 Å². The Morgan fingerprint density at radius 1 is 1.50 bits per heavy atom. The van der Waals surface area contributed by atoms with Crippen molar-refractivity contribution in [2.75, 3.05) is 13.6 Å². The molecule has 4 heteroatoms. The number of Topliss-reactive ketones (excluding diaryl/α,β-unsaturated/α-hetero) is 1. The first-order valence-electron chi connectivity index (χ1n) is 5.95. The minimum Gasteiger partial charge on any atom is -0.302 e. The summed E-state index contributed by atoms with van der Waals surface area (Å²) in [5.41, 5.74) is 0. The van der Waals surface area contributed by atoms with Crippen LogP contribution in [0, 0.1) is 0 Å². The molecule has 1 aromatic rings. The molecule has 1 heterocycles. The predicted octanol–water partition coefficient (Wildman–Crippen LogP) is 1.33. The molecule has 88 valence electrons. The summed E-state index contributed by atoms with van der Waals surface area (Å²) in [5.74, 6) is 0.428. The quantitative estimate of drug-likeness (QED) is 0.769. The van der Waals surface area contributed by atoms with Gasteiger partial charge in [-0.3, -0.25) is 9.48 Å². The van der Waals surface area contributed by atoms with E-state index in [1.54, 1.807) is 6.20 Å². The Morgan fingerprint density at radius 2 is 2.25 bits per heavy atom. The van der Waals surface area contributed by atoms with Crippen molar-refractivity contribution < 1.29 is 4.79 Å². The van der Waals surface area contributed by atoms with Crippen molar-refractivity contribution in [3.8, 4) is 0 Å². The van der Waals surface area contributed by atoms with Gasteiger partial charge in [0.25, 0.3) is 0 Å². The highest BCUT2D eigenvalue weighted by Crippen LogP contribution is 2.19. The number of carbonyl (C=O) groups excluding carboxylic acids is 1. The largest absolute Gasteiger partial charge is 0.302 e. The third-order valence-electron chi connectivity index (χ3n) is 3.38. The van der Waals surface area contributed by atoms with Crippen molar-refractivity contribution in [3.05, 3.63) is 18.5 Å². The van der Waals surface area contributed by atoms with Gasteiger partial charge in [0.2, 0.25) is 0 Å². The lowest BCUT2D eigenvalue weighted by Crippen LogP contribution is -2.37. The van der Waals surface area contributed by atoms with E-state index in [9.17, 15) is 4.79 Å². The fraction of sp³-hybridized carbons (Fsp3) is 0.667. The first kappa shape index (κ1) is 11.3. The summed E-state index contributed by atoms with van der Waals surface area (Å²) < 4.78 is 1.95. The van der Waals surface area contributed by atoms with Gasteiger partial charge in [-0.25, -0.2) is 0 Å². The van der Waals surface area contributed by atoms with E-state index in [1.807, 2.05) is 16.9 Å². The van der Waals surface area contributed by atoms with Crippen LogP contribution in [0.4, 0.5) is 0 Å². The van der Waals surface area contributed by atoms with Crippen molar-refractivity contribution in [3.63, 3.8) is 0 Å².